The van der Waals surface area contributed by atoms with Crippen molar-refractivity contribution in [3.8, 4) is 22.3 Å². The minimum absolute atomic E-state index is 0.268. The van der Waals surface area contributed by atoms with Crippen molar-refractivity contribution in [1.29, 1.82) is 0 Å². The molecule has 5 rings (SSSR count). The Morgan fingerprint density at radius 2 is 1.02 bits per heavy atom. The predicted octanol–water partition coefficient (Wildman–Crippen LogP) is 7.62. The van der Waals surface area contributed by atoms with E-state index in [1.165, 1.54) is 22.3 Å². The maximum absolute atomic E-state index is 3.93. The summed E-state index contributed by atoms with van der Waals surface area (Å²) in [6.07, 6.45) is 2.29. The highest BCUT2D eigenvalue weighted by Crippen LogP contribution is 2.62. The molecule has 4 nitrogen and oxygen atoms in total. The molecule has 0 saturated carbocycles. The zero-order chi connectivity index (χ0) is 29.7. The largest absolute Gasteiger partial charge is 0.314 e. The molecule has 2 heterocycles. The summed E-state index contributed by atoms with van der Waals surface area (Å²) in [5.74, 6) is 1.03. The first-order valence-electron chi connectivity index (χ1n) is 15.8. The van der Waals surface area contributed by atoms with Crippen LogP contribution >= 0.6 is 15.8 Å². The Kier molecular flexibility index (Phi) is 10.6. The summed E-state index contributed by atoms with van der Waals surface area (Å²) < 4.78 is 0. The van der Waals surface area contributed by atoms with E-state index < -0.39 is 0 Å². The highest BCUT2D eigenvalue weighted by molar-refractivity contribution is 7.60. The summed E-state index contributed by atoms with van der Waals surface area (Å²) in [4.78, 5) is 0. The van der Waals surface area contributed by atoms with Gasteiger partial charge in [-0.2, -0.15) is 0 Å². The molecule has 0 amide bonds. The average Bonchev–Trinajstić information content (AvgIpc) is 2.99. The molecule has 42 heavy (non-hydrogen) atoms. The van der Waals surface area contributed by atoms with Gasteiger partial charge >= 0.3 is 0 Å². The van der Waals surface area contributed by atoms with Crippen LogP contribution in [-0.4, -0.2) is 61.1 Å². The van der Waals surface area contributed by atoms with Crippen molar-refractivity contribution in [1.82, 2.24) is 21.3 Å². The summed E-state index contributed by atoms with van der Waals surface area (Å²) in [5.41, 5.74) is 8.44. The third-order valence-electron chi connectivity index (χ3n) is 8.65. The van der Waals surface area contributed by atoms with Crippen molar-refractivity contribution in [2.45, 2.75) is 75.7 Å². The Bertz CT molecular complexity index is 1240. The van der Waals surface area contributed by atoms with E-state index in [2.05, 4.69) is 136 Å². The monoisotopic (exact) mass is 602 g/mol. The van der Waals surface area contributed by atoms with E-state index in [0.29, 0.717) is 11.6 Å². The van der Waals surface area contributed by atoms with Gasteiger partial charge in [0.2, 0.25) is 0 Å². The third-order valence-corrected chi connectivity index (χ3v) is 15.6. The van der Waals surface area contributed by atoms with Gasteiger partial charge in [-0.3, -0.25) is 0 Å². The lowest BCUT2D eigenvalue weighted by atomic mass is 9.91. The topological polar surface area (TPSA) is 48.1 Å². The molecule has 0 aromatic heterocycles. The molecule has 0 radical (unpaired) electrons. The van der Waals surface area contributed by atoms with E-state index >= 15 is 0 Å². The van der Waals surface area contributed by atoms with Crippen LogP contribution in [0.5, 0.6) is 0 Å². The van der Waals surface area contributed by atoms with Crippen molar-refractivity contribution in [2.24, 2.45) is 0 Å². The Balaban J connectivity index is 1.67. The fraction of sp³-hybridized carbons (Fsp3) is 0.500. The maximum atomic E-state index is 3.93. The van der Waals surface area contributed by atoms with Crippen LogP contribution in [0.25, 0.3) is 22.3 Å². The highest BCUT2D eigenvalue weighted by Gasteiger charge is 2.36. The number of benzene rings is 3. The minimum Gasteiger partial charge on any atom is -0.314 e. The standard InChI is InChI=1S/C36H52N4P2/c1-35(2,3)42(36(4,5)6)26-30-22-32(28-15-11-8-12-16-28)31(27-13-9-7-10-14-27)21-29(30)25-41(33-23-37-17-19-39-33)34-24-38-18-20-40-34/h7-16,21-22,33-34,37-40H,17-20,23-26H2,1-6H3. The highest BCUT2D eigenvalue weighted by atomic mass is 31.1. The van der Waals surface area contributed by atoms with E-state index in [9.17, 15) is 0 Å². The first-order chi connectivity index (χ1) is 20.1. The average molecular weight is 603 g/mol. The summed E-state index contributed by atoms with van der Waals surface area (Å²) in [6, 6.07) is 27.3. The van der Waals surface area contributed by atoms with E-state index in [-0.39, 0.29) is 26.2 Å². The van der Waals surface area contributed by atoms with Gasteiger partial charge in [0.1, 0.15) is 0 Å². The molecule has 3 aromatic carbocycles. The number of piperazine rings is 2. The normalized spacial score (nSPS) is 20.9. The van der Waals surface area contributed by atoms with Gasteiger partial charge in [0.15, 0.2) is 0 Å². The van der Waals surface area contributed by atoms with Crippen molar-refractivity contribution in [2.75, 3.05) is 39.3 Å². The molecule has 226 valence electrons. The molecular formula is C36H52N4P2. The first-order valence-corrected chi connectivity index (χ1v) is 19.0. The van der Waals surface area contributed by atoms with Gasteiger partial charge in [-0.05, 0) is 68.1 Å². The zero-order valence-corrected chi connectivity index (χ0v) is 28.4. The van der Waals surface area contributed by atoms with Crippen LogP contribution in [0.15, 0.2) is 72.8 Å². The van der Waals surface area contributed by atoms with Crippen molar-refractivity contribution < 1.29 is 0 Å². The van der Waals surface area contributed by atoms with E-state index in [4.69, 9.17) is 0 Å². The number of hydrogen-bond acceptors (Lipinski definition) is 4. The maximum Gasteiger partial charge on any atom is 0.0413 e. The molecular weight excluding hydrogens is 550 g/mol. The summed E-state index contributed by atoms with van der Waals surface area (Å²) in [5, 5.41) is 15.8. The number of hydrogen-bond donors (Lipinski definition) is 4. The quantitative estimate of drug-likeness (QED) is 0.201. The Morgan fingerprint density at radius 3 is 1.40 bits per heavy atom. The Morgan fingerprint density at radius 1 is 0.595 bits per heavy atom. The third kappa shape index (κ3) is 7.89. The van der Waals surface area contributed by atoms with E-state index in [0.717, 1.165) is 51.6 Å². The van der Waals surface area contributed by atoms with Gasteiger partial charge in [0.05, 0.1) is 0 Å². The lowest BCUT2D eigenvalue weighted by Gasteiger charge is -2.43. The molecule has 2 fully saturated rings. The van der Waals surface area contributed by atoms with Crippen molar-refractivity contribution in [3.63, 3.8) is 0 Å². The minimum atomic E-state index is -0.356. The fourth-order valence-electron chi connectivity index (χ4n) is 6.73. The number of rotatable bonds is 8. The van der Waals surface area contributed by atoms with Gasteiger partial charge < -0.3 is 21.3 Å². The van der Waals surface area contributed by atoms with Crippen LogP contribution in [0.2, 0.25) is 0 Å². The van der Waals surface area contributed by atoms with Crippen LogP contribution in [0, 0.1) is 0 Å². The molecule has 2 atom stereocenters. The molecule has 3 aromatic rings. The van der Waals surface area contributed by atoms with Gasteiger partial charge in [-0.1, -0.05) is 118 Å². The molecule has 2 aliphatic rings. The molecule has 6 heteroatoms. The predicted molar refractivity (Wildman–Crippen MR) is 187 cm³/mol. The van der Waals surface area contributed by atoms with Gasteiger partial charge in [-0.25, -0.2) is 0 Å². The lowest BCUT2D eigenvalue weighted by molar-refractivity contribution is 0.472. The molecule has 0 bridgehead atoms. The molecule has 2 aliphatic heterocycles. The summed E-state index contributed by atoms with van der Waals surface area (Å²) in [7, 11) is -0.639. The Labute approximate surface area is 257 Å². The van der Waals surface area contributed by atoms with Gasteiger partial charge in [0.25, 0.3) is 0 Å². The molecule has 2 unspecified atom stereocenters. The van der Waals surface area contributed by atoms with Crippen molar-refractivity contribution >= 4 is 15.8 Å². The van der Waals surface area contributed by atoms with Crippen molar-refractivity contribution in [3.05, 3.63) is 83.9 Å². The smallest absolute Gasteiger partial charge is 0.0413 e. The van der Waals surface area contributed by atoms with Crippen LogP contribution in [-0.2, 0) is 12.3 Å². The van der Waals surface area contributed by atoms with Crippen LogP contribution in [0.4, 0.5) is 0 Å². The van der Waals surface area contributed by atoms with Crippen LogP contribution in [0.1, 0.15) is 52.7 Å². The van der Waals surface area contributed by atoms with Gasteiger partial charge in [0, 0.05) is 50.8 Å². The molecule has 2 saturated heterocycles. The van der Waals surface area contributed by atoms with Gasteiger partial charge in [-0.15, -0.1) is 0 Å². The van der Waals surface area contributed by atoms with E-state index in [1.54, 1.807) is 11.1 Å². The lowest BCUT2D eigenvalue weighted by Crippen LogP contribution is -2.53. The molecule has 4 N–H and O–H groups in total. The summed E-state index contributed by atoms with van der Waals surface area (Å²) in [6.45, 7) is 21.1. The fourth-order valence-corrected chi connectivity index (χ4v) is 13.3. The second-order valence-corrected chi connectivity index (χ2v) is 20.3. The van der Waals surface area contributed by atoms with Crippen LogP contribution < -0.4 is 21.3 Å². The van der Waals surface area contributed by atoms with E-state index in [1.807, 2.05) is 0 Å². The first kappa shape index (κ1) is 31.8. The SMILES string of the molecule is CC(C)(C)P(Cc1cc(-c2ccccc2)c(-c2ccccc2)cc1CP(C1CNCCN1)C1CNCCN1)C(C)(C)C. The van der Waals surface area contributed by atoms with Crippen LogP contribution in [0.3, 0.4) is 0 Å². The number of nitrogens with one attached hydrogen (secondary N) is 4. The summed E-state index contributed by atoms with van der Waals surface area (Å²) >= 11 is 0. The second-order valence-electron chi connectivity index (χ2n) is 13.8. The second kappa shape index (κ2) is 14.0. The Hall–Kier alpha value is -1.64. The molecule has 0 aliphatic carbocycles. The molecule has 0 spiro atoms. The zero-order valence-electron chi connectivity index (χ0n) is 26.6.